The van der Waals surface area contributed by atoms with Gasteiger partial charge in [-0.25, -0.2) is 14.3 Å². The first-order chi connectivity index (χ1) is 13.3. The molecule has 2 aromatic carbocycles. The van der Waals surface area contributed by atoms with Gasteiger partial charge in [-0.1, -0.05) is 42.5 Å². The van der Waals surface area contributed by atoms with Crippen LogP contribution in [0.15, 0.2) is 73.6 Å². The molecule has 1 amide bonds. The number of tetrazole rings is 1. The van der Waals surface area contributed by atoms with Crippen LogP contribution >= 0.6 is 0 Å². The number of carbonyl (C=O) groups is 1. The van der Waals surface area contributed by atoms with E-state index in [-0.39, 0.29) is 5.91 Å². The van der Waals surface area contributed by atoms with E-state index in [1.165, 1.54) is 17.3 Å². The summed E-state index contributed by atoms with van der Waals surface area (Å²) in [6, 6.07) is 16.3. The fourth-order valence-corrected chi connectivity index (χ4v) is 2.75. The number of anilines is 1. The smallest absolute Gasteiger partial charge is 0.253 e. The second-order valence-electron chi connectivity index (χ2n) is 5.88. The molecular weight excluding hydrogens is 344 g/mol. The highest BCUT2D eigenvalue weighted by molar-refractivity contribution is 5.95. The molecule has 0 aliphatic heterocycles. The highest BCUT2D eigenvalue weighted by Crippen LogP contribution is 2.20. The lowest BCUT2D eigenvalue weighted by atomic mass is 10.1. The molecule has 4 rings (SSSR count). The molecule has 1 N–H and O–H groups in total. The zero-order valence-electron chi connectivity index (χ0n) is 14.3. The van der Waals surface area contributed by atoms with E-state index in [0.717, 1.165) is 11.1 Å². The minimum absolute atomic E-state index is 0.225. The van der Waals surface area contributed by atoms with Crippen molar-refractivity contribution in [1.29, 1.82) is 0 Å². The molecule has 0 saturated heterocycles. The van der Waals surface area contributed by atoms with Crippen LogP contribution in [0.25, 0.3) is 0 Å². The van der Waals surface area contributed by atoms with Gasteiger partial charge in [0.1, 0.15) is 19.0 Å². The number of rotatable bonds is 6. The number of carbonyl (C=O) groups excluding carboxylic acids is 1. The molecule has 1 unspecified atom stereocenters. The summed E-state index contributed by atoms with van der Waals surface area (Å²) < 4.78 is 3.17. The Balaban J connectivity index is 1.51. The third-order valence-corrected chi connectivity index (χ3v) is 4.03. The van der Waals surface area contributed by atoms with Crippen LogP contribution in [0.3, 0.4) is 0 Å². The van der Waals surface area contributed by atoms with E-state index in [2.05, 4.69) is 30.9 Å². The van der Waals surface area contributed by atoms with Crippen molar-refractivity contribution in [2.24, 2.45) is 0 Å². The minimum Gasteiger partial charge on any atom is -0.324 e. The van der Waals surface area contributed by atoms with E-state index in [1.807, 2.05) is 54.6 Å². The van der Waals surface area contributed by atoms with Crippen LogP contribution in [0.2, 0.25) is 0 Å². The summed E-state index contributed by atoms with van der Waals surface area (Å²) in [6.45, 7) is 0.617. The molecule has 4 aromatic rings. The van der Waals surface area contributed by atoms with Crippen molar-refractivity contribution in [1.82, 2.24) is 35.0 Å². The monoisotopic (exact) mass is 360 g/mol. The highest BCUT2D eigenvalue weighted by atomic mass is 16.2. The van der Waals surface area contributed by atoms with Crippen LogP contribution in [0.4, 0.5) is 5.69 Å². The van der Waals surface area contributed by atoms with Crippen LogP contribution in [-0.4, -0.2) is 40.9 Å². The normalized spacial score (nSPS) is 11.9. The van der Waals surface area contributed by atoms with Crippen LogP contribution in [0.1, 0.15) is 17.2 Å². The summed E-state index contributed by atoms with van der Waals surface area (Å²) in [7, 11) is 0. The average molecular weight is 360 g/mol. The van der Waals surface area contributed by atoms with Crippen LogP contribution in [-0.2, 0) is 11.3 Å². The molecule has 0 spiro atoms. The van der Waals surface area contributed by atoms with Gasteiger partial charge in [0, 0.05) is 5.69 Å². The SMILES string of the molecule is O=C(Nc1ccc(Cn2cncn2)cc1)C(c1ccccc1)n1cnnn1. The molecule has 0 fully saturated rings. The molecule has 2 aromatic heterocycles. The highest BCUT2D eigenvalue weighted by Gasteiger charge is 2.23. The van der Waals surface area contributed by atoms with Gasteiger partial charge < -0.3 is 5.32 Å². The number of nitrogens with zero attached hydrogens (tertiary/aromatic N) is 7. The molecule has 0 radical (unpaired) electrons. The topological polar surface area (TPSA) is 103 Å². The molecule has 0 aliphatic rings. The molecule has 2 heterocycles. The minimum atomic E-state index is -0.656. The summed E-state index contributed by atoms with van der Waals surface area (Å²) in [4.78, 5) is 16.8. The lowest BCUT2D eigenvalue weighted by molar-refractivity contribution is -0.118. The predicted octanol–water partition coefficient (Wildman–Crippen LogP) is 1.54. The Morgan fingerprint density at radius 1 is 1.04 bits per heavy atom. The summed E-state index contributed by atoms with van der Waals surface area (Å²) in [5.41, 5.74) is 2.54. The van der Waals surface area contributed by atoms with E-state index in [1.54, 1.807) is 11.0 Å². The zero-order valence-corrected chi connectivity index (χ0v) is 14.3. The molecule has 9 nitrogen and oxygen atoms in total. The largest absolute Gasteiger partial charge is 0.324 e. The summed E-state index contributed by atoms with van der Waals surface area (Å²) in [5.74, 6) is -0.225. The van der Waals surface area contributed by atoms with Crippen molar-refractivity contribution in [3.05, 3.63) is 84.7 Å². The predicted molar refractivity (Wildman–Crippen MR) is 96.6 cm³/mol. The van der Waals surface area contributed by atoms with Gasteiger partial charge in [0.05, 0.1) is 6.54 Å². The Morgan fingerprint density at radius 3 is 2.52 bits per heavy atom. The number of aromatic nitrogens is 7. The van der Waals surface area contributed by atoms with Gasteiger partial charge in [-0.15, -0.1) is 5.10 Å². The molecule has 0 aliphatic carbocycles. The van der Waals surface area contributed by atoms with Crippen molar-refractivity contribution in [2.45, 2.75) is 12.6 Å². The molecule has 1 atom stereocenters. The first-order valence-electron chi connectivity index (χ1n) is 8.29. The quantitative estimate of drug-likeness (QED) is 0.559. The third kappa shape index (κ3) is 3.87. The van der Waals surface area contributed by atoms with Gasteiger partial charge in [-0.3, -0.25) is 4.79 Å². The van der Waals surface area contributed by atoms with Crippen LogP contribution in [0, 0.1) is 0 Å². The summed E-state index contributed by atoms with van der Waals surface area (Å²) in [6.07, 6.45) is 4.59. The first kappa shape index (κ1) is 16.6. The van der Waals surface area contributed by atoms with Crippen LogP contribution < -0.4 is 5.32 Å². The number of hydrogen-bond acceptors (Lipinski definition) is 6. The Bertz CT molecular complexity index is 982. The van der Waals surface area contributed by atoms with Gasteiger partial charge >= 0.3 is 0 Å². The lowest BCUT2D eigenvalue weighted by Crippen LogP contribution is -2.27. The Hall–Kier alpha value is -3.88. The van der Waals surface area contributed by atoms with E-state index in [4.69, 9.17) is 0 Å². The fourth-order valence-electron chi connectivity index (χ4n) is 2.75. The van der Waals surface area contributed by atoms with E-state index in [0.29, 0.717) is 12.2 Å². The van der Waals surface area contributed by atoms with E-state index >= 15 is 0 Å². The van der Waals surface area contributed by atoms with Gasteiger partial charge in [0.2, 0.25) is 0 Å². The second kappa shape index (κ2) is 7.56. The van der Waals surface area contributed by atoms with Crippen molar-refractivity contribution < 1.29 is 4.79 Å². The maximum Gasteiger partial charge on any atom is 0.253 e. The number of hydrogen-bond donors (Lipinski definition) is 1. The summed E-state index contributed by atoms with van der Waals surface area (Å²) in [5, 5.41) is 18.2. The number of amides is 1. The van der Waals surface area contributed by atoms with E-state index < -0.39 is 6.04 Å². The van der Waals surface area contributed by atoms with Crippen LogP contribution in [0.5, 0.6) is 0 Å². The Labute approximate surface area is 154 Å². The Morgan fingerprint density at radius 2 is 1.85 bits per heavy atom. The maximum absolute atomic E-state index is 12.9. The first-order valence-corrected chi connectivity index (χ1v) is 8.29. The summed E-state index contributed by atoms with van der Waals surface area (Å²) >= 11 is 0. The Kier molecular flexibility index (Phi) is 4.64. The number of benzene rings is 2. The zero-order chi connectivity index (χ0) is 18.5. The molecule has 27 heavy (non-hydrogen) atoms. The maximum atomic E-state index is 12.9. The average Bonchev–Trinajstić information content (AvgIpc) is 3.39. The molecule has 134 valence electrons. The van der Waals surface area contributed by atoms with Gasteiger partial charge in [0.25, 0.3) is 5.91 Å². The second-order valence-corrected chi connectivity index (χ2v) is 5.88. The van der Waals surface area contributed by atoms with Crippen molar-refractivity contribution >= 4 is 11.6 Å². The van der Waals surface area contributed by atoms with Gasteiger partial charge in [-0.05, 0) is 33.7 Å². The molecular formula is C18H16N8O. The van der Waals surface area contributed by atoms with Gasteiger partial charge in [-0.2, -0.15) is 5.10 Å². The molecule has 0 bridgehead atoms. The molecule has 0 saturated carbocycles. The molecule has 9 heteroatoms. The fraction of sp³-hybridized carbons (Fsp3) is 0.111. The van der Waals surface area contributed by atoms with Crippen molar-refractivity contribution in [3.8, 4) is 0 Å². The van der Waals surface area contributed by atoms with Gasteiger partial charge in [0.15, 0.2) is 6.04 Å². The van der Waals surface area contributed by atoms with Crippen molar-refractivity contribution in [3.63, 3.8) is 0 Å². The number of nitrogens with one attached hydrogen (secondary N) is 1. The van der Waals surface area contributed by atoms with E-state index in [9.17, 15) is 4.79 Å². The lowest BCUT2D eigenvalue weighted by Gasteiger charge is -2.16. The van der Waals surface area contributed by atoms with Crippen molar-refractivity contribution in [2.75, 3.05) is 5.32 Å². The third-order valence-electron chi connectivity index (χ3n) is 4.03. The standard InChI is InChI=1S/C18H16N8O/c27-18(17(26-13-20-23-24-26)15-4-2-1-3-5-15)22-16-8-6-14(7-9-16)10-25-12-19-11-21-25/h1-9,11-13,17H,10H2,(H,22,27).